The fourth-order valence-electron chi connectivity index (χ4n) is 1.46. The highest BCUT2D eigenvalue weighted by molar-refractivity contribution is 7.98. The van der Waals surface area contributed by atoms with Crippen molar-refractivity contribution in [3.05, 3.63) is 41.5 Å². The Morgan fingerprint density at radius 1 is 1.56 bits per heavy atom. The van der Waals surface area contributed by atoms with Crippen molar-refractivity contribution in [1.29, 1.82) is 0 Å². The maximum atomic E-state index is 13.3. The van der Waals surface area contributed by atoms with Gasteiger partial charge in [-0.2, -0.15) is 0 Å². The third-order valence-corrected chi connectivity index (χ3v) is 3.20. The second kappa shape index (κ2) is 5.22. The molecule has 2 rings (SSSR count). The van der Waals surface area contributed by atoms with Gasteiger partial charge in [-0.15, -0.1) is 0 Å². The van der Waals surface area contributed by atoms with Crippen LogP contribution in [0, 0.1) is 5.82 Å². The van der Waals surface area contributed by atoms with Crippen molar-refractivity contribution in [2.45, 2.75) is 17.9 Å². The lowest BCUT2D eigenvalue weighted by molar-refractivity contribution is 0.101. The molecule has 2 aromatic rings. The minimum Gasteiger partial charge on any atom is -0.507 e. The summed E-state index contributed by atoms with van der Waals surface area (Å²) in [4.78, 5) is 15.1. The van der Waals surface area contributed by atoms with Gasteiger partial charge in [-0.1, -0.05) is 11.8 Å². The van der Waals surface area contributed by atoms with E-state index < -0.39 is 5.82 Å². The van der Waals surface area contributed by atoms with Crippen molar-refractivity contribution in [3.63, 3.8) is 0 Å². The first-order chi connectivity index (χ1) is 8.58. The Kier molecular flexibility index (Phi) is 3.66. The lowest BCUT2D eigenvalue weighted by atomic mass is 10.1. The Labute approximate surface area is 107 Å². The molecule has 94 valence electrons. The molecule has 0 bridgehead atoms. The lowest BCUT2D eigenvalue weighted by Gasteiger charge is -2.07. The first kappa shape index (κ1) is 12.6. The molecule has 0 saturated heterocycles. The number of hydrogen-bond acceptors (Lipinski definition) is 5. The highest BCUT2D eigenvalue weighted by Gasteiger charge is 2.14. The molecule has 1 aromatic heterocycles. The summed E-state index contributed by atoms with van der Waals surface area (Å²) >= 11 is 1.21. The predicted molar refractivity (Wildman–Crippen MR) is 64.1 cm³/mol. The zero-order valence-electron chi connectivity index (χ0n) is 9.51. The number of hydrogen-bond donors (Lipinski definition) is 1. The minimum absolute atomic E-state index is 0.0157. The molecule has 4 nitrogen and oxygen atoms in total. The van der Waals surface area contributed by atoms with Gasteiger partial charge in [0.15, 0.2) is 5.78 Å². The van der Waals surface area contributed by atoms with E-state index >= 15 is 0 Å². The van der Waals surface area contributed by atoms with Crippen molar-refractivity contribution >= 4 is 17.5 Å². The van der Waals surface area contributed by atoms with E-state index in [9.17, 15) is 14.3 Å². The molecule has 1 aromatic carbocycles. The van der Waals surface area contributed by atoms with E-state index in [0.717, 1.165) is 6.07 Å². The average molecular weight is 267 g/mol. The summed E-state index contributed by atoms with van der Waals surface area (Å²) in [6.07, 6.45) is 2.92. The van der Waals surface area contributed by atoms with Gasteiger partial charge in [0.25, 0.3) is 5.22 Å². The second-order valence-corrected chi connectivity index (χ2v) is 4.53. The van der Waals surface area contributed by atoms with Crippen LogP contribution in [0.15, 0.2) is 34.2 Å². The molecule has 0 fully saturated rings. The summed E-state index contributed by atoms with van der Waals surface area (Å²) in [6, 6.07) is 2.22. The molecule has 0 aliphatic rings. The third kappa shape index (κ3) is 2.70. The number of thioether (sulfide) groups is 1. The van der Waals surface area contributed by atoms with Crippen LogP contribution in [0.25, 0.3) is 0 Å². The van der Waals surface area contributed by atoms with Gasteiger partial charge in [-0.25, -0.2) is 9.37 Å². The van der Waals surface area contributed by atoms with Crippen LogP contribution in [0.5, 0.6) is 5.75 Å². The number of aromatic nitrogens is 1. The third-order valence-electron chi connectivity index (χ3n) is 2.29. The highest BCUT2D eigenvalue weighted by Crippen LogP contribution is 2.30. The number of aromatic hydroxyl groups is 1. The Morgan fingerprint density at radius 3 is 2.94 bits per heavy atom. The van der Waals surface area contributed by atoms with Crippen LogP contribution in [0.4, 0.5) is 4.39 Å². The predicted octanol–water partition coefficient (Wildman–Crippen LogP) is 3.01. The number of benzene rings is 1. The maximum absolute atomic E-state index is 13.3. The van der Waals surface area contributed by atoms with Crippen molar-refractivity contribution in [2.24, 2.45) is 0 Å². The van der Waals surface area contributed by atoms with E-state index in [2.05, 4.69) is 4.98 Å². The van der Waals surface area contributed by atoms with E-state index in [-0.39, 0.29) is 22.8 Å². The zero-order chi connectivity index (χ0) is 13.1. The molecule has 0 unspecified atom stereocenters. The van der Waals surface area contributed by atoms with E-state index in [1.54, 1.807) is 0 Å². The van der Waals surface area contributed by atoms with Gasteiger partial charge in [-0.3, -0.25) is 4.79 Å². The largest absolute Gasteiger partial charge is 0.507 e. The van der Waals surface area contributed by atoms with Crippen LogP contribution < -0.4 is 0 Å². The molecular weight excluding hydrogens is 257 g/mol. The van der Waals surface area contributed by atoms with Crippen LogP contribution in [-0.4, -0.2) is 15.9 Å². The fraction of sp³-hybridized carbons (Fsp3) is 0.167. The smallest absolute Gasteiger partial charge is 0.255 e. The van der Waals surface area contributed by atoms with Crippen LogP contribution in [0.3, 0.4) is 0 Å². The summed E-state index contributed by atoms with van der Waals surface area (Å²) in [5, 5.41) is 10.3. The van der Waals surface area contributed by atoms with E-state index in [0.29, 0.717) is 10.8 Å². The van der Waals surface area contributed by atoms with Gasteiger partial charge in [0.1, 0.15) is 17.8 Å². The molecule has 0 saturated carbocycles. The summed E-state index contributed by atoms with van der Waals surface area (Å²) in [7, 11) is 0. The Morgan fingerprint density at radius 2 is 2.33 bits per heavy atom. The number of rotatable bonds is 4. The van der Waals surface area contributed by atoms with Gasteiger partial charge in [0.2, 0.25) is 0 Å². The van der Waals surface area contributed by atoms with Crippen molar-refractivity contribution in [3.8, 4) is 5.75 Å². The van der Waals surface area contributed by atoms with E-state index in [1.807, 2.05) is 0 Å². The number of ketones is 1. The number of oxazole rings is 1. The van der Waals surface area contributed by atoms with Crippen molar-refractivity contribution in [2.75, 3.05) is 0 Å². The quantitative estimate of drug-likeness (QED) is 0.681. The molecule has 0 spiro atoms. The van der Waals surface area contributed by atoms with Crippen LogP contribution in [0.1, 0.15) is 22.8 Å². The average Bonchev–Trinajstić information content (AvgIpc) is 2.82. The number of Topliss-reactive ketones (excluding diaryl/α,β-unsaturated/α-hetero) is 1. The molecule has 0 amide bonds. The molecule has 6 heteroatoms. The topological polar surface area (TPSA) is 63.3 Å². The van der Waals surface area contributed by atoms with Crippen molar-refractivity contribution < 1.29 is 18.7 Å². The van der Waals surface area contributed by atoms with Gasteiger partial charge in [0, 0.05) is 11.3 Å². The second-order valence-electron chi connectivity index (χ2n) is 3.60. The highest BCUT2D eigenvalue weighted by atomic mass is 32.2. The zero-order valence-corrected chi connectivity index (χ0v) is 10.3. The summed E-state index contributed by atoms with van der Waals surface area (Å²) < 4.78 is 18.3. The van der Waals surface area contributed by atoms with Gasteiger partial charge in [-0.05, 0) is 19.1 Å². The summed E-state index contributed by atoms with van der Waals surface area (Å²) in [5.74, 6) is -0.858. The molecular formula is C12H10FNO3S. The molecule has 0 radical (unpaired) electrons. The standard InChI is InChI=1S/C12H10FNO3S/c1-7(15)10-5-9(13)4-8(11(10)16)6-18-12-14-2-3-17-12/h2-5,16H,6H2,1H3. The number of halogens is 1. The normalized spacial score (nSPS) is 10.6. The monoisotopic (exact) mass is 267 g/mol. The first-order valence-corrected chi connectivity index (χ1v) is 6.11. The molecule has 0 aliphatic heterocycles. The maximum Gasteiger partial charge on any atom is 0.255 e. The molecule has 1 heterocycles. The first-order valence-electron chi connectivity index (χ1n) is 5.12. The number of carbonyl (C=O) groups is 1. The van der Waals surface area contributed by atoms with Crippen molar-refractivity contribution in [1.82, 2.24) is 4.98 Å². The van der Waals surface area contributed by atoms with Gasteiger partial charge >= 0.3 is 0 Å². The number of phenolic OH excluding ortho intramolecular Hbond substituents is 1. The fourth-order valence-corrected chi connectivity index (χ4v) is 2.21. The minimum atomic E-state index is -0.555. The Balaban J connectivity index is 2.24. The lowest BCUT2D eigenvalue weighted by Crippen LogP contribution is -1.97. The SMILES string of the molecule is CC(=O)c1cc(F)cc(CSc2ncco2)c1O. The number of nitrogens with zero attached hydrogens (tertiary/aromatic N) is 1. The Hall–Kier alpha value is -1.82. The summed E-state index contributed by atoms with van der Waals surface area (Å²) in [5.41, 5.74) is 0.321. The van der Waals surface area contributed by atoms with E-state index in [1.165, 1.54) is 37.2 Å². The van der Waals surface area contributed by atoms with Crippen LogP contribution in [-0.2, 0) is 5.75 Å². The molecule has 18 heavy (non-hydrogen) atoms. The Bertz CT molecular complexity index is 569. The van der Waals surface area contributed by atoms with E-state index in [4.69, 9.17) is 4.42 Å². The van der Waals surface area contributed by atoms with Gasteiger partial charge in [0.05, 0.1) is 11.8 Å². The van der Waals surface area contributed by atoms with Gasteiger partial charge < -0.3 is 9.52 Å². The molecule has 0 atom stereocenters. The number of phenols is 1. The molecule has 1 N–H and O–H groups in total. The number of carbonyl (C=O) groups excluding carboxylic acids is 1. The van der Waals surface area contributed by atoms with Crippen LogP contribution in [0.2, 0.25) is 0 Å². The summed E-state index contributed by atoms with van der Waals surface area (Å²) in [6.45, 7) is 1.28. The van der Waals surface area contributed by atoms with Crippen LogP contribution >= 0.6 is 11.8 Å². The molecule has 0 aliphatic carbocycles.